The third-order valence-electron chi connectivity index (χ3n) is 3.87. The molecule has 0 radical (unpaired) electrons. The van der Waals surface area contributed by atoms with Gasteiger partial charge in [-0.15, -0.1) is 0 Å². The maximum atomic E-state index is 13.1. The molecule has 2 aromatic rings. The van der Waals surface area contributed by atoms with Crippen molar-refractivity contribution < 1.29 is 13.9 Å². The molecule has 2 atom stereocenters. The Bertz CT molecular complexity index is 650. The summed E-state index contributed by atoms with van der Waals surface area (Å²) >= 11 is 1.07. The highest BCUT2D eigenvalue weighted by Gasteiger charge is 2.31. The van der Waals surface area contributed by atoms with Gasteiger partial charge in [0.25, 0.3) is 0 Å². The summed E-state index contributed by atoms with van der Waals surface area (Å²) in [6.45, 7) is 2.24. The van der Waals surface area contributed by atoms with Gasteiger partial charge in [-0.1, -0.05) is 41.7 Å². The van der Waals surface area contributed by atoms with E-state index in [-0.39, 0.29) is 23.6 Å². The number of benzene rings is 1. The summed E-state index contributed by atoms with van der Waals surface area (Å²) in [7, 11) is 0. The van der Waals surface area contributed by atoms with Crippen molar-refractivity contribution in [2.24, 2.45) is 5.92 Å². The van der Waals surface area contributed by atoms with Gasteiger partial charge in [-0.25, -0.2) is 9.78 Å². The van der Waals surface area contributed by atoms with Gasteiger partial charge >= 0.3 is 6.09 Å². The lowest BCUT2D eigenvalue weighted by molar-refractivity contribution is 0.138. The molecule has 2 heterocycles. The molecule has 1 unspecified atom stereocenters. The minimum absolute atomic E-state index is 0.124. The summed E-state index contributed by atoms with van der Waals surface area (Å²) in [5.41, 5.74) is 0.946. The van der Waals surface area contributed by atoms with Crippen LogP contribution in [0.4, 0.5) is 9.18 Å². The SMILES string of the molecule is O=C(NC[C@@H]1CNCC1c1ncc(F)s1)OCc1ccccc1. The van der Waals surface area contributed by atoms with Gasteiger partial charge in [0.2, 0.25) is 0 Å². The van der Waals surface area contributed by atoms with Gasteiger partial charge in [0.1, 0.15) is 11.6 Å². The summed E-state index contributed by atoms with van der Waals surface area (Å²) in [6, 6.07) is 9.53. The molecular weight excluding hydrogens is 317 g/mol. The van der Waals surface area contributed by atoms with E-state index in [0.29, 0.717) is 6.54 Å². The summed E-state index contributed by atoms with van der Waals surface area (Å²) < 4.78 is 18.3. The number of hydrogen-bond acceptors (Lipinski definition) is 5. The average molecular weight is 335 g/mol. The molecule has 1 aliphatic rings. The number of nitrogens with one attached hydrogen (secondary N) is 2. The van der Waals surface area contributed by atoms with E-state index in [9.17, 15) is 9.18 Å². The van der Waals surface area contributed by atoms with Crippen LogP contribution in [0.15, 0.2) is 36.5 Å². The normalized spacial score (nSPS) is 20.4. The van der Waals surface area contributed by atoms with Crippen molar-refractivity contribution in [1.29, 1.82) is 0 Å². The number of rotatable bonds is 5. The monoisotopic (exact) mass is 335 g/mol. The molecule has 1 saturated heterocycles. The zero-order chi connectivity index (χ0) is 16.1. The van der Waals surface area contributed by atoms with E-state index in [1.165, 1.54) is 6.20 Å². The summed E-state index contributed by atoms with van der Waals surface area (Å²) in [5, 5.41) is 6.55. The Hall–Kier alpha value is -1.99. The van der Waals surface area contributed by atoms with Crippen LogP contribution in [0.2, 0.25) is 0 Å². The first-order valence-electron chi connectivity index (χ1n) is 7.49. The van der Waals surface area contributed by atoms with Crippen LogP contribution in [0.25, 0.3) is 0 Å². The molecule has 122 valence electrons. The minimum atomic E-state index is -0.440. The molecular formula is C16H18FN3O2S. The number of aromatic nitrogens is 1. The van der Waals surface area contributed by atoms with Crippen LogP contribution >= 0.6 is 11.3 Å². The van der Waals surface area contributed by atoms with E-state index in [1.807, 2.05) is 30.3 Å². The first-order chi connectivity index (χ1) is 11.2. The van der Waals surface area contributed by atoms with Crippen molar-refractivity contribution in [2.45, 2.75) is 12.5 Å². The molecule has 1 amide bonds. The number of thiazole rings is 1. The van der Waals surface area contributed by atoms with Crippen LogP contribution in [0.1, 0.15) is 16.5 Å². The van der Waals surface area contributed by atoms with Crippen LogP contribution in [0, 0.1) is 11.0 Å². The van der Waals surface area contributed by atoms with Crippen molar-refractivity contribution in [3.63, 3.8) is 0 Å². The first-order valence-corrected chi connectivity index (χ1v) is 8.30. The second-order valence-electron chi connectivity index (χ2n) is 5.47. The second-order valence-corrected chi connectivity index (χ2v) is 6.48. The van der Waals surface area contributed by atoms with E-state index < -0.39 is 6.09 Å². The predicted molar refractivity (Wildman–Crippen MR) is 85.8 cm³/mol. The highest BCUT2D eigenvalue weighted by Crippen LogP contribution is 2.30. The first kappa shape index (κ1) is 15.9. The van der Waals surface area contributed by atoms with Gasteiger partial charge < -0.3 is 15.4 Å². The molecule has 1 aromatic heterocycles. The third kappa shape index (κ3) is 4.27. The highest BCUT2D eigenvalue weighted by atomic mass is 32.1. The lowest BCUT2D eigenvalue weighted by Gasteiger charge is -2.16. The van der Waals surface area contributed by atoms with Crippen molar-refractivity contribution in [3.8, 4) is 0 Å². The molecule has 5 nitrogen and oxygen atoms in total. The standard InChI is InChI=1S/C16H18FN3O2S/c17-14-9-19-15(23-14)13-8-18-6-12(13)7-20-16(21)22-10-11-4-2-1-3-5-11/h1-5,9,12-13,18H,6-8,10H2,(H,20,21)/t12-,13?/m0/s1. The van der Waals surface area contributed by atoms with E-state index >= 15 is 0 Å². The number of amides is 1. The van der Waals surface area contributed by atoms with Crippen LogP contribution in [0.3, 0.4) is 0 Å². The van der Waals surface area contributed by atoms with E-state index in [2.05, 4.69) is 15.6 Å². The fourth-order valence-corrected chi connectivity index (χ4v) is 3.50. The molecule has 0 bridgehead atoms. The number of alkyl carbamates (subject to hydrolysis) is 1. The Balaban J connectivity index is 1.46. The molecule has 23 heavy (non-hydrogen) atoms. The second kappa shape index (κ2) is 7.52. The van der Waals surface area contributed by atoms with Crippen LogP contribution in [-0.2, 0) is 11.3 Å². The Morgan fingerprint density at radius 1 is 1.39 bits per heavy atom. The van der Waals surface area contributed by atoms with Gasteiger partial charge in [0.15, 0.2) is 5.13 Å². The third-order valence-corrected chi connectivity index (χ3v) is 4.79. The fourth-order valence-electron chi connectivity index (χ4n) is 2.66. The smallest absolute Gasteiger partial charge is 0.407 e. The number of carbonyl (C=O) groups excluding carboxylic acids is 1. The quantitative estimate of drug-likeness (QED) is 0.881. The van der Waals surface area contributed by atoms with Crippen LogP contribution in [-0.4, -0.2) is 30.7 Å². The largest absolute Gasteiger partial charge is 0.445 e. The summed E-state index contributed by atoms with van der Waals surface area (Å²) in [5.74, 6) is 0.309. The highest BCUT2D eigenvalue weighted by molar-refractivity contribution is 7.10. The van der Waals surface area contributed by atoms with E-state index in [1.54, 1.807) is 0 Å². The van der Waals surface area contributed by atoms with Gasteiger partial charge in [-0.3, -0.25) is 0 Å². The topological polar surface area (TPSA) is 63.2 Å². The Morgan fingerprint density at radius 2 is 2.22 bits per heavy atom. The van der Waals surface area contributed by atoms with Crippen LogP contribution in [0.5, 0.6) is 0 Å². The van der Waals surface area contributed by atoms with E-state index in [4.69, 9.17) is 4.74 Å². The lowest BCUT2D eigenvalue weighted by Crippen LogP contribution is -2.32. The minimum Gasteiger partial charge on any atom is -0.445 e. The Labute approximate surface area is 137 Å². The molecule has 1 aliphatic heterocycles. The molecule has 0 saturated carbocycles. The van der Waals surface area contributed by atoms with Crippen molar-refractivity contribution in [1.82, 2.24) is 15.6 Å². The molecule has 2 N–H and O–H groups in total. The van der Waals surface area contributed by atoms with E-state index in [0.717, 1.165) is 35.0 Å². The average Bonchev–Trinajstić information content (AvgIpc) is 3.20. The van der Waals surface area contributed by atoms with Crippen molar-refractivity contribution in [2.75, 3.05) is 19.6 Å². The molecule has 0 aliphatic carbocycles. The molecule has 1 fully saturated rings. The Kier molecular flexibility index (Phi) is 5.19. The molecule has 1 aromatic carbocycles. The number of nitrogens with zero attached hydrogens (tertiary/aromatic N) is 1. The maximum Gasteiger partial charge on any atom is 0.407 e. The van der Waals surface area contributed by atoms with Gasteiger partial charge in [0, 0.05) is 25.6 Å². The summed E-state index contributed by atoms with van der Waals surface area (Å²) in [4.78, 5) is 15.9. The number of ether oxygens (including phenoxy) is 1. The number of carbonyl (C=O) groups is 1. The fraction of sp³-hybridized carbons (Fsp3) is 0.375. The zero-order valence-corrected chi connectivity index (χ0v) is 13.3. The Morgan fingerprint density at radius 3 is 2.96 bits per heavy atom. The van der Waals surface area contributed by atoms with Crippen molar-refractivity contribution >= 4 is 17.4 Å². The van der Waals surface area contributed by atoms with Gasteiger partial charge in [0.05, 0.1) is 6.20 Å². The predicted octanol–water partition coefficient (Wildman–Crippen LogP) is 2.51. The zero-order valence-electron chi connectivity index (χ0n) is 12.5. The molecule has 3 rings (SSSR count). The van der Waals surface area contributed by atoms with Gasteiger partial charge in [-0.05, 0) is 11.5 Å². The number of halogens is 1. The maximum absolute atomic E-state index is 13.1. The van der Waals surface area contributed by atoms with Crippen LogP contribution < -0.4 is 10.6 Å². The molecule has 7 heteroatoms. The van der Waals surface area contributed by atoms with Crippen molar-refractivity contribution in [3.05, 3.63) is 52.2 Å². The summed E-state index contributed by atoms with van der Waals surface area (Å²) in [6.07, 6.45) is 0.807. The lowest BCUT2D eigenvalue weighted by atomic mass is 9.97. The van der Waals surface area contributed by atoms with Gasteiger partial charge in [-0.2, -0.15) is 4.39 Å². The number of hydrogen-bond donors (Lipinski definition) is 2. The molecule has 0 spiro atoms.